The molecule has 0 atom stereocenters. The van der Waals surface area contributed by atoms with Crippen molar-refractivity contribution in [2.75, 3.05) is 38.2 Å². The van der Waals surface area contributed by atoms with Gasteiger partial charge in [0.15, 0.2) is 11.5 Å². The molecule has 0 unspecified atom stereocenters. The summed E-state index contributed by atoms with van der Waals surface area (Å²) in [5.41, 5.74) is -1.42. The number of amides is 1. The second-order valence-corrected chi connectivity index (χ2v) is 7.02. The number of nitrogens with zero attached hydrogens (tertiary/aromatic N) is 8. The molecule has 3 aromatic rings. The lowest BCUT2D eigenvalue weighted by molar-refractivity contribution is -0.143. The van der Waals surface area contributed by atoms with Gasteiger partial charge in [0.1, 0.15) is 11.9 Å². The SMILES string of the molecule is COc1ccc(-n2ncc(C(=O)N3CCN(c4ncccc4C#N)CC3)c2C(F)(F)F)nn1. The second-order valence-electron chi connectivity index (χ2n) is 7.02. The van der Waals surface area contributed by atoms with Crippen molar-refractivity contribution in [1.82, 2.24) is 29.9 Å². The molecule has 1 amide bonds. The van der Waals surface area contributed by atoms with Gasteiger partial charge in [-0.15, -0.1) is 10.2 Å². The predicted octanol–water partition coefficient (Wildman–Crippen LogP) is 1.92. The van der Waals surface area contributed by atoms with Crippen molar-refractivity contribution >= 4 is 11.7 Å². The number of pyridine rings is 1. The fourth-order valence-electron chi connectivity index (χ4n) is 3.51. The Morgan fingerprint density at radius 1 is 1.15 bits per heavy atom. The van der Waals surface area contributed by atoms with Crippen LogP contribution in [0.15, 0.2) is 36.7 Å². The molecule has 0 radical (unpaired) electrons. The Balaban J connectivity index is 1.57. The molecular formula is C20H17F3N8O2. The van der Waals surface area contributed by atoms with Crippen LogP contribution in [-0.4, -0.2) is 69.1 Å². The van der Waals surface area contributed by atoms with E-state index in [0.717, 1.165) is 6.20 Å². The minimum atomic E-state index is -4.86. The van der Waals surface area contributed by atoms with Gasteiger partial charge in [-0.1, -0.05) is 0 Å². The zero-order valence-corrected chi connectivity index (χ0v) is 17.3. The van der Waals surface area contributed by atoms with Gasteiger partial charge < -0.3 is 14.5 Å². The van der Waals surface area contributed by atoms with Gasteiger partial charge in [-0.25, -0.2) is 9.67 Å². The van der Waals surface area contributed by atoms with E-state index in [2.05, 4.69) is 26.3 Å². The Kier molecular flexibility index (Phi) is 5.82. The van der Waals surface area contributed by atoms with Crippen LogP contribution in [0, 0.1) is 11.3 Å². The number of ether oxygens (including phenoxy) is 1. The second kappa shape index (κ2) is 8.73. The predicted molar refractivity (Wildman–Crippen MR) is 108 cm³/mol. The monoisotopic (exact) mass is 458 g/mol. The first-order valence-corrected chi connectivity index (χ1v) is 9.76. The number of halogens is 3. The average molecular weight is 458 g/mol. The van der Waals surface area contributed by atoms with Crippen LogP contribution >= 0.6 is 0 Å². The average Bonchev–Trinajstić information content (AvgIpc) is 3.30. The minimum absolute atomic E-state index is 0.126. The smallest absolute Gasteiger partial charge is 0.434 e. The van der Waals surface area contributed by atoms with Crippen molar-refractivity contribution in [2.24, 2.45) is 0 Å². The van der Waals surface area contributed by atoms with Gasteiger partial charge in [-0.2, -0.15) is 23.5 Å². The summed E-state index contributed by atoms with van der Waals surface area (Å²) >= 11 is 0. The molecule has 170 valence electrons. The van der Waals surface area contributed by atoms with Gasteiger partial charge >= 0.3 is 6.18 Å². The zero-order chi connectivity index (χ0) is 23.6. The quantitative estimate of drug-likeness (QED) is 0.583. The fraction of sp³-hybridized carbons (Fsp3) is 0.300. The van der Waals surface area contributed by atoms with Crippen LogP contribution in [0.25, 0.3) is 5.82 Å². The number of carbonyl (C=O) groups excluding carboxylic acids is 1. The van der Waals surface area contributed by atoms with E-state index in [4.69, 9.17) is 4.74 Å². The molecule has 0 bridgehead atoms. The largest absolute Gasteiger partial charge is 0.480 e. The third-order valence-electron chi connectivity index (χ3n) is 5.09. The fourth-order valence-corrected chi connectivity index (χ4v) is 3.51. The summed E-state index contributed by atoms with van der Waals surface area (Å²) in [4.78, 5) is 20.4. The highest BCUT2D eigenvalue weighted by Crippen LogP contribution is 2.34. The number of methoxy groups -OCH3 is 1. The Morgan fingerprint density at radius 3 is 2.52 bits per heavy atom. The number of carbonyl (C=O) groups is 1. The number of hydrogen-bond acceptors (Lipinski definition) is 8. The van der Waals surface area contributed by atoms with E-state index in [1.54, 1.807) is 18.3 Å². The normalized spacial score (nSPS) is 14.2. The summed E-state index contributed by atoms with van der Waals surface area (Å²) < 4.78 is 47.2. The molecule has 10 nitrogen and oxygen atoms in total. The molecular weight excluding hydrogens is 441 g/mol. The molecule has 1 aliphatic rings. The molecule has 0 saturated carbocycles. The highest BCUT2D eigenvalue weighted by atomic mass is 19.4. The van der Waals surface area contributed by atoms with Crippen molar-refractivity contribution in [3.8, 4) is 17.8 Å². The summed E-state index contributed by atoms with van der Waals surface area (Å²) in [5.74, 6) is -0.391. The first-order chi connectivity index (χ1) is 15.8. The molecule has 0 aromatic carbocycles. The van der Waals surface area contributed by atoms with Gasteiger partial charge in [-0.3, -0.25) is 4.79 Å². The third kappa shape index (κ3) is 4.27. The first-order valence-electron chi connectivity index (χ1n) is 9.76. The molecule has 1 aliphatic heterocycles. The van der Waals surface area contributed by atoms with Crippen LogP contribution in [0.2, 0.25) is 0 Å². The van der Waals surface area contributed by atoms with Crippen molar-refractivity contribution in [3.63, 3.8) is 0 Å². The molecule has 4 rings (SSSR count). The van der Waals surface area contributed by atoms with Crippen molar-refractivity contribution in [2.45, 2.75) is 6.18 Å². The molecule has 13 heteroatoms. The van der Waals surface area contributed by atoms with Crippen LogP contribution in [0.4, 0.5) is 19.0 Å². The Hall–Kier alpha value is -4.21. The van der Waals surface area contributed by atoms with Gasteiger partial charge in [0, 0.05) is 38.4 Å². The summed E-state index contributed by atoms with van der Waals surface area (Å²) in [7, 11) is 1.35. The number of nitriles is 1. The van der Waals surface area contributed by atoms with Crippen LogP contribution in [0.3, 0.4) is 0 Å². The van der Waals surface area contributed by atoms with Gasteiger partial charge in [0.25, 0.3) is 5.91 Å². The van der Waals surface area contributed by atoms with Crippen molar-refractivity contribution < 1.29 is 22.7 Å². The van der Waals surface area contributed by atoms with Crippen molar-refractivity contribution in [1.29, 1.82) is 5.26 Å². The third-order valence-corrected chi connectivity index (χ3v) is 5.09. The Morgan fingerprint density at radius 2 is 1.91 bits per heavy atom. The van der Waals surface area contributed by atoms with Crippen LogP contribution in [0.5, 0.6) is 5.88 Å². The molecule has 33 heavy (non-hydrogen) atoms. The number of piperazine rings is 1. The van der Waals surface area contributed by atoms with E-state index in [1.807, 2.05) is 4.90 Å². The van der Waals surface area contributed by atoms with E-state index in [1.165, 1.54) is 24.1 Å². The minimum Gasteiger partial charge on any atom is -0.480 e. The van der Waals surface area contributed by atoms with Crippen LogP contribution in [-0.2, 0) is 6.18 Å². The van der Waals surface area contributed by atoms with E-state index < -0.39 is 23.3 Å². The van der Waals surface area contributed by atoms with Gasteiger partial charge in [0.2, 0.25) is 5.88 Å². The maximum absolute atomic E-state index is 13.9. The lowest BCUT2D eigenvalue weighted by atomic mass is 10.1. The number of alkyl halides is 3. The van der Waals surface area contributed by atoms with E-state index in [-0.39, 0.29) is 24.8 Å². The molecule has 4 heterocycles. The molecule has 1 saturated heterocycles. The highest BCUT2D eigenvalue weighted by Gasteiger charge is 2.42. The zero-order valence-electron chi connectivity index (χ0n) is 17.3. The Bertz CT molecular complexity index is 1200. The number of aromatic nitrogens is 5. The molecule has 1 fully saturated rings. The summed E-state index contributed by atoms with van der Waals surface area (Å²) in [6.07, 6.45) is -2.42. The Labute approximate surface area is 185 Å². The van der Waals surface area contributed by atoms with Crippen LogP contribution < -0.4 is 9.64 Å². The number of rotatable bonds is 4. The number of anilines is 1. The summed E-state index contributed by atoms with van der Waals surface area (Å²) in [5, 5.41) is 20.4. The lowest BCUT2D eigenvalue weighted by Gasteiger charge is -2.35. The maximum atomic E-state index is 13.9. The topological polar surface area (TPSA) is 113 Å². The van der Waals surface area contributed by atoms with E-state index >= 15 is 0 Å². The van der Waals surface area contributed by atoms with Crippen LogP contribution in [0.1, 0.15) is 21.6 Å². The van der Waals surface area contributed by atoms with Gasteiger partial charge in [-0.05, 0) is 18.2 Å². The molecule has 0 aliphatic carbocycles. The summed E-state index contributed by atoms with van der Waals surface area (Å²) in [6, 6.07) is 7.95. The standard InChI is InChI=1S/C20H17F3N8O2/c1-33-16-5-4-15(27-28-16)31-17(20(21,22)23)14(12-26-31)19(32)30-9-7-29(8-10-30)18-13(11-24)3-2-6-25-18/h2-6,12H,7-10H2,1H3. The lowest BCUT2D eigenvalue weighted by Crippen LogP contribution is -2.49. The van der Waals surface area contributed by atoms with E-state index in [9.17, 15) is 23.2 Å². The first kappa shape index (κ1) is 22.0. The van der Waals surface area contributed by atoms with Gasteiger partial charge in [0.05, 0.1) is 24.4 Å². The molecule has 3 aromatic heterocycles. The summed E-state index contributed by atoms with van der Waals surface area (Å²) in [6.45, 7) is 0.948. The maximum Gasteiger partial charge on any atom is 0.434 e. The van der Waals surface area contributed by atoms with Crippen molar-refractivity contribution in [3.05, 3.63) is 53.5 Å². The number of hydrogen-bond donors (Lipinski definition) is 0. The molecule has 0 N–H and O–H groups in total. The van der Waals surface area contributed by atoms with E-state index in [0.29, 0.717) is 29.2 Å². The highest BCUT2D eigenvalue weighted by molar-refractivity contribution is 5.95. The molecule has 0 spiro atoms.